The molecule has 18 heavy (non-hydrogen) atoms. The maximum Gasteiger partial charge on any atom is 0.0423 e. The Kier molecular flexibility index (Phi) is 5.71. The van der Waals surface area contributed by atoms with Crippen LogP contribution >= 0.6 is 27.3 Å². The minimum absolute atomic E-state index is 0.528. The summed E-state index contributed by atoms with van der Waals surface area (Å²) < 4.78 is 1.29. The van der Waals surface area contributed by atoms with Gasteiger partial charge in [-0.05, 0) is 54.7 Å². The molecule has 1 aromatic heterocycles. The second-order valence-electron chi connectivity index (χ2n) is 5.49. The van der Waals surface area contributed by atoms with Gasteiger partial charge in [0.15, 0.2) is 0 Å². The second-order valence-corrected chi connectivity index (χ2v) is 7.63. The van der Waals surface area contributed by atoms with Crippen molar-refractivity contribution in [3.63, 3.8) is 0 Å². The van der Waals surface area contributed by atoms with Gasteiger partial charge in [-0.15, -0.1) is 11.3 Å². The number of halogens is 1. The fourth-order valence-corrected chi connectivity index (χ4v) is 5.10. The van der Waals surface area contributed by atoms with E-state index in [1.54, 1.807) is 0 Å². The third-order valence-corrected chi connectivity index (χ3v) is 6.17. The molecule has 0 bridgehead atoms. The monoisotopic (exact) mass is 329 g/mol. The number of hydrogen-bond donors (Lipinski definition) is 1. The molecule has 0 amide bonds. The van der Waals surface area contributed by atoms with E-state index in [2.05, 4.69) is 41.3 Å². The molecule has 1 atom stereocenters. The van der Waals surface area contributed by atoms with Crippen LogP contribution in [-0.2, 0) is 0 Å². The van der Waals surface area contributed by atoms with E-state index in [1.807, 2.05) is 11.3 Å². The molecule has 102 valence electrons. The summed E-state index contributed by atoms with van der Waals surface area (Å²) in [5.74, 6) is 0.981. The fourth-order valence-electron chi connectivity index (χ4n) is 3.02. The summed E-state index contributed by atoms with van der Waals surface area (Å²) in [5, 5.41) is 3.49. The summed E-state index contributed by atoms with van der Waals surface area (Å²) in [5.41, 5.74) is 0. The average Bonchev–Trinajstić information content (AvgIpc) is 2.71. The van der Waals surface area contributed by atoms with E-state index >= 15 is 0 Å². The molecule has 1 aromatic rings. The minimum atomic E-state index is 0.528. The van der Waals surface area contributed by atoms with Gasteiger partial charge in [0.25, 0.3) is 0 Å². The predicted molar refractivity (Wildman–Crippen MR) is 84.4 cm³/mol. The summed E-state index contributed by atoms with van der Waals surface area (Å²) in [6, 6.07) is 2.77. The van der Waals surface area contributed by atoms with Crippen molar-refractivity contribution in [2.45, 2.75) is 57.9 Å². The maximum absolute atomic E-state index is 3.69. The molecular formula is C15H24BrNS. The highest BCUT2D eigenvalue weighted by molar-refractivity contribution is 9.10. The highest BCUT2D eigenvalue weighted by Crippen LogP contribution is 2.36. The Morgan fingerprint density at radius 1 is 1.39 bits per heavy atom. The average molecular weight is 330 g/mol. The number of rotatable bonds is 5. The van der Waals surface area contributed by atoms with Gasteiger partial charge < -0.3 is 5.32 Å². The van der Waals surface area contributed by atoms with Crippen LogP contribution in [0.25, 0.3) is 0 Å². The Morgan fingerprint density at radius 3 is 2.67 bits per heavy atom. The van der Waals surface area contributed by atoms with E-state index < -0.39 is 0 Å². The molecule has 1 aliphatic carbocycles. The van der Waals surface area contributed by atoms with Crippen LogP contribution in [0.5, 0.6) is 0 Å². The number of aryl methyl sites for hydroxylation is 1. The first-order chi connectivity index (χ1) is 8.70. The molecule has 3 heteroatoms. The molecule has 1 aliphatic rings. The van der Waals surface area contributed by atoms with Gasteiger partial charge in [-0.2, -0.15) is 0 Å². The molecular weight excluding hydrogens is 306 g/mol. The zero-order chi connectivity index (χ0) is 13.0. The lowest BCUT2D eigenvalue weighted by molar-refractivity contribution is 0.318. The first kappa shape index (κ1) is 14.5. The molecule has 1 nitrogen and oxygen atoms in total. The van der Waals surface area contributed by atoms with Crippen molar-refractivity contribution >= 4 is 27.3 Å². The van der Waals surface area contributed by atoms with Gasteiger partial charge >= 0.3 is 0 Å². The smallest absolute Gasteiger partial charge is 0.0423 e. The van der Waals surface area contributed by atoms with Crippen LogP contribution in [0.1, 0.15) is 60.7 Å². The van der Waals surface area contributed by atoms with Crippen LogP contribution in [-0.4, -0.2) is 7.05 Å². The van der Waals surface area contributed by atoms with Gasteiger partial charge in [0.2, 0.25) is 0 Å². The van der Waals surface area contributed by atoms with Gasteiger partial charge in [-0.3, -0.25) is 0 Å². The van der Waals surface area contributed by atoms with Gasteiger partial charge in [-0.25, -0.2) is 0 Å². The van der Waals surface area contributed by atoms with Gasteiger partial charge in [0.05, 0.1) is 0 Å². The quantitative estimate of drug-likeness (QED) is 0.758. The lowest BCUT2D eigenvalue weighted by atomic mass is 9.85. The van der Waals surface area contributed by atoms with Crippen molar-refractivity contribution in [1.29, 1.82) is 0 Å². The Balaban J connectivity index is 1.90. The van der Waals surface area contributed by atoms with Crippen molar-refractivity contribution in [2.24, 2.45) is 5.92 Å². The molecule has 1 saturated carbocycles. The largest absolute Gasteiger partial charge is 0.312 e. The molecule has 1 fully saturated rings. The number of thiophene rings is 1. The zero-order valence-corrected chi connectivity index (χ0v) is 13.9. The Bertz CT molecular complexity index is 369. The van der Waals surface area contributed by atoms with E-state index in [0.29, 0.717) is 6.04 Å². The molecule has 2 rings (SSSR count). The molecule has 0 saturated heterocycles. The molecule has 1 unspecified atom stereocenters. The normalized spacial score (nSPS) is 19.1. The molecule has 0 spiro atoms. The van der Waals surface area contributed by atoms with Crippen molar-refractivity contribution in [3.05, 3.63) is 20.3 Å². The SMILES string of the molecule is CNC(CCC1CCCCC1)c1sc(C)cc1Br. The van der Waals surface area contributed by atoms with Crippen molar-refractivity contribution < 1.29 is 0 Å². The van der Waals surface area contributed by atoms with E-state index in [4.69, 9.17) is 0 Å². The fraction of sp³-hybridized carbons (Fsp3) is 0.733. The predicted octanol–water partition coefficient (Wildman–Crippen LogP) is 5.44. The van der Waals surface area contributed by atoms with Crippen molar-refractivity contribution in [3.8, 4) is 0 Å². The lowest BCUT2D eigenvalue weighted by Gasteiger charge is -2.24. The Morgan fingerprint density at radius 2 is 2.11 bits per heavy atom. The van der Waals surface area contributed by atoms with Crippen LogP contribution in [0.4, 0.5) is 0 Å². The van der Waals surface area contributed by atoms with Crippen molar-refractivity contribution in [1.82, 2.24) is 5.32 Å². The molecule has 1 N–H and O–H groups in total. The van der Waals surface area contributed by atoms with Crippen LogP contribution in [0, 0.1) is 12.8 Å². The highest BCUT2D eigenvalue weighted by Gasteiger charge is 2.19. The first-order valence-electron chi connectivity index (χ1n) is 7.13. The molecule has 0 radical (unpaired) electrons. The summed E-state index contributed by atoms with van der Waals surface area (Å²) in [7, 11) is 2.09. The first-order valence-corrected chi connectivity index (χ1v) is 8.74. The topological polar surface area (TPSA) is 12.0 Å². The van der Waals surface area contributed by atoms with Crippen molar-refractivity contribution in [2.75, 3.05) is 7.05 Å². The van der Waals surface area contributed by atoms with Crippen LogP contribution in [0.2, 0.25) is 0 Å². The number of nitrogens with one attached hydrogen (secondary N) is 1. The van der Waals surface area contributed by atoms with Crippen LogP contribution in [0.15, 0.2) is 10.5 Å². The zero-order valence-electron chi connectivity index (χ0n) is 11.5. The Labute approximate surface area is 123 Å². The summed E-state index contributed by atoms with van der Waals surface area (Å²) in [6.45, 7) is 2.19. The van der Waals surface area contributed by atoms with E-state index in [0.717, 1.165) is 5.92 Å². The highest BCUT2D eigenvalue weighted by atomic mass is 79.9. The molecule has 0 aliphatic heterocycles. The summed E-state index contributed by atoms with van der Waals surface area (Å²) >= 11 is 5.62. The summed E-state index contributed by atoms with van der Waals surface area (Å²) in [4.78, 5) is 2.88. The summed E-state index contributed by atoms with van der Waals surface area (Å²) in [6.07, 6.45) is 9.95. The van der Waals surface area contributed by atoms with Gasteiger partial charge in [0, 0.05) is 20.3 Å². The molecule has 1 heterocycles. The maximum atomic E-state index is 3.69. The standard InChI is InChI=1S/C15H24BrNS/c1-11-10-13(16)15(18-11)14(17-2)9-8-12-6-4-3-5-7-12/h10,12,14,17H,3-9H2,1-2H3. The van der Waals surface area contributed by atoms with E-state index in [9.17, 15) is 0 Å². The van der Waals surface area contributed by atoms with E-state index in [1.165, 1.54) is 59.2 Å². The third kappa shape index (κ3) is 3.82. The van der Waals surface area contributed by atoms with Crippen LogP contribution < -0.4 is 5.32 Å². The van der Waals surface area contributed by atoms with E-state index in [-0.39, 0.29) is 0 Å². The third-order valence-electron chi connectivity index (χ3n) is 4.09. The van der Waals surface area contributed by atoms with Gasteiger partial charge in [0.1, 0.15) is 0 Å². The van der Waals surface area contributed by atoms with Crippen LogP contribution in [0.3, 0.4) is 0 Å². The second kappa shape index (κ2) is 7.06. The minimum Gasteiger partial charge on any atom is -0.312 e. The Hall–Kier alpha value is 0.140. The number of hydrogen-bond acceptors (Lipinski definition) is 2. The lowest BCUT2D eigenvalue weighted by Crippen LogP contribution is -2.17. The molecule has 0 aromatic carbocycles. The van der Waals surface area contributed by atoms with Gasteiger partial charge in [-0.1, -0.05) is 32.1 Å².